The van der Waals surface area contributed by atoms with Crippen molar-refractivity contribution in [1.82, 2.24) is 0 Å². The smallest absolute Gasteiger partial charge is 0.212 e. The number of hydrogen-bond donors (Lipinski definition) is 1. The van der Waals surface area contributed by atoms with Crippen LogP contribution in [0.15, 0.2) is 43.5 Å². The van der Waals surface area contributed by atoms with Gasteiger partial charge in [-0.2, -0.15) is 0 Å². The number of rotatable bonds is 2. The molecule has 0 aliphatic carbocycles. The van der Waals surface area contributed by atoms with Gasteiger partial charge in [-0.1, -0.05) is 18.2 Å². The molecule has 0 aliphatic rings. The molecule has 1 unspecified atom stereocenters. The van der Waals surface area contributed by atoms with E-state index in [1.807, 2.05) is 18.2 Å². The molecule has 0 amide bonds. The van der Waals surface area contributed by atoms with Gasteiger partial charge in [-0.15, -0.1) is 13.2 Å². The van der Waals surface area contributed by atoms with Gasteiger partial charge in [0.1, 0.15) is 5.75 Å². The molecule has 1 rings (SSSR count). The monoisotopic (exact) mass is 170 g/mol. The average Bonchev–Trinajstić information content (AvgIpc) is 2.11. The zero-order valence-corrected chi connectivity index (χ0v) is 7.16. The highest BCUT2D eigenvalue weighted by Gasteiger charge is 1.85. The second kappa shape index (κ2) is 7.26. The molecule has 1 aromatic carbocycles. The molecule has 0 fully saturated rings. The molecular formula is C8H11O2P. The zero-order chi connectivity index (χ0) is 8.53. The van der Waals surface area contributed by atoms with Crippen LogP contribution in [-0.2, 0) is 0 Å². The molecule has 60 valence electrons. The Morgan fingerprint density at radius 3 is 2.18 bits per heavy atom. The van der Waals surface area contributed by atoms with Gasteiger partial charge in [-0.05, 0) is 12.1 Å². The predicted molar refractivity (Wildman–Crippen MR) is 48.9 cm³/mol. The molecule has 1 N–H and O–H groups in total. The van der Waals surface area contributed by atoms with E-state index in [1.165, 1.54) is 0 Å². The van der Waals surface area contributed by atoms with Gasteiger partial charge in [0.15, 0.2) is 0 Å². The third-order valence-electron chi connectivity index (χ3n) is 0.907. The average molecular weight is 170 g/mol. The van der Waals surface area contributed by atoms with Gasteiger partial charge in [-0.25, -0.2) is 0 Å². The minimum absolute atomic E-state index is 0.465. The summed E-state index contributed by atoms with van der Waals surface area (Å²) < 4.78 is 4.79. The predicted octanol–water partition coefficient (Wildman–Crippen LogP) is 2.37. The van der Waals surface area contributed by atoms with Crippen molar-refractivity contribution >= 4 is 9.03 Å². The topological polar surface area (TPSA) is 29.5 Å². The van der Waals surface area contributed by atoms with Crippen LogP contribution in [0.5, 0.6) is 5.75 Å². The summed E-state index contributed by atoms with van der Waals surface area (Å²) in [5.74, 6) is 0.707. The van der Waals surface area contributed by atoms with Crippen LogP contribution in [0.4, 0.5) is 0 Å². The van der Waals surface area contributed by atoms with Crippen LogP contribution in [0.2, 0.25) is 0 Å². The number of para-hydroxylation sites is 1. The largest absolute Gasteiger partial charge is 0.450 e. The molecule has 2 nitrogen and oxygen atoms in total. The van der Waals surface area contributed by atoms with Gasteiger partial charge < -0.3 is 9.42 Å². The molecule has 0 heterocycles. The summed E-state index contributed by atoms with van der Waals surface area (Å²) in [5, 5.41) is 0. The lowest BCUT2D eigenvalue weighted by molar-refractivity contribution is 0.514. The van der Waals surface area contributed by atoms with E-state index in [9.17, 15) is 0 Å². The lowest BCUT2D eigenvalue weighted by Crippen LogP contribution is -1.73. The molecule has 0 saturated heterocycles. The van der Waals surface area contributed by atoms with Crippen LogP contribution in [0.25, 0.3) is 0 Å². The quantitative estimate of drug-likeness (QED) is 0.545. The van der Waals surface area contributed by atoms with Crippen LogP contribution < -0.4 is 4.52 Å². The molecule has 0 bridgehead atoms. The Kier molecular flexibility index (Phi) is 6.70. The standard InChI is InChI=1S/C6H7O2P.C2H4/c7-9-8-6-4-2-1-3-5-6;1-2/h1-5,7,9H;1-2H2. The first kappa shape index (κ1) is 10.2. The van der Waals surface area contributed by atoms with Crippen LogP contribution >= 0.6 is 9.03 Å². The third-order valence-corrected chi connectivity index (χ3v) is 1.23. The van der Waals surface area contributed by atoms with Crippen LogP contribution in [0.3, 0.4) is 0 Å². The van der Waals surface area contributed by atoms with Crippen molar-refractivity contribution in [2.24, 2.45) is 0 Å². The molecule has 0 aromatic heterocycles. The van der Waals surface area contributed by atoms with E-state index in [4.69, 9.17) is 9.42 Å². The van der Waals surface area contributed by atoms with Crippen molar-refractivity contribution in [1.29, 1.82) is 0 Å². The first-order valence-corrected chi connectivity index (χ1v) is 3.90. The van der Waals surface area contributed by atoms with E-state index in [0.29, 0.717) is 5.75 Å². The Morgan fingerprint density at radius 1 is 1.18 bits per heavy atom. The summed E-state index contributed by atoms with van der Waals surface area (Å²) >= 11 is 0. The molecule has 1 atom stereocenters. The maximum absolute atomic E-state index is 8.33. The van der Waals surface area contributed by atoms with E-state index in [-0.39, 0.29) is 0 Å². The Balaban J connectivity index is 0.000000461. The molecular weight excluding hydrogens is 159 g/mol. The van der Waals surface area contributed by atoms with Gasteiger partial charge in [0, 0.05) is 0 Å². The molecule has 0 aliphatic heterocycles. The minimum atomic E-state index is -0.465. The van der Waals surface area contributed by atoms with Gasteiger partial charge in [-0.3, -0.25) is 0 Å². The van der Waals surface area contributed by atoms with Crippen LogP contribution in [0, 0.1) is 0 Å². The maximum atomic E-state index is 8.33. The molecule has 11 heavy (non-hydrogen) atoms. The van der Waals surface area contributed by atoms with Crippen LogP contribution in [-0.4, -0.2) is 4.89 Å². The van der Waals surface area contributed by atoms with Crippen molar-refractivity contribution in [2.45, 2.75) is 0 Å². The first-order chi connectivity index (χ1) is 5.43. The van der Waals surface area contributed by atoms with Crippen molar-refractivity contribution in [3.05, 3.63) is 43.5 Å². The van der Waals surface area contributed by atoms with Crippen molar-refractivity contribution in [3.63, 3.8) is 0 Å². The fraction of sp³-hybridized carbons (Fsp3) is 0. The summed E-state index contributed by atoms with van der Waals surface area (Å²) in [6.07, 6.45) is 0. The lowest BCUT2D eigenvalue weighted by Gasteiger charge is -1.97. The second-order valence-electron chi connectivity index (χ2n) is 1.51. The highest BCUT2D eigenvalue weighted by molar-refractivity contribution is 7.25. The summed E-state index contributed by atoms with van der Waals surface area (Å²) in [6.45, 7) is 6.00. The van der Waals surface area contributed by atoms with Gasteiger partial charge in [0.2, 0.25) is 9.03 Å². The van der Waals surface area contributed by atoms with Crippen LogP contribution in [0.1, 0.15) is 0 Å². The van der Waals surface area contributed by atoms with Crippen molar-refractivity contribution in [3.8, 4) is 5.75 Å². The Labute approximate surface area is 68.5 Å². The zero-order valence-electron chi connectivity index (χ0n) is 6.16. The summed E-state index contributed by atoms with van der Waals surface area (Å²) in [6, 6.07) is 9.20. The Hall–Kier alpha value is -0.850. The first-order valence-electron chi connectivity index (χ1n) is 3.04. The van der Waals surface area contributed by atoms with E-state index in [0.717, 1.165) is 0 Å². The summed E-state index contributed by atoms with van der Waals surface area (Å²) in [5.41, 5.74) is 0. The fourth-order valence-electron chi connectivity index (χ4n) is 0.541. The number of hydrogen-bond acceptors (Lipinski definition) is 2. The van der Waals surface area contributed by atoms with Crippen molar-refractivity contribution in [2.75, 3.05) is 0 Å². The maximum Gasteiger partial charge on any atom is 0.212 e. The second-order valence-corrected chi connectivity index (χ2v) is 1.89. The highest BCUT2D eigenvalue weighted by atomic mass is 31.1. The highest BCUT2D eigenvalue weighted by Crippen LogP contribution is 2.15. The van der Waals surface area contributed by atoms with Gasteiger partial charge in [0.25, 0.3) is 0 Å². The van der Waals surface area contributed by atoms with Gasteiger partial charge in [0.05, 0.1) is 0 Å². The molecule has 0 spiro atoms. The van der Waals surface area contributed by atoms with E-state index < -0.39 is 9.03 Å². The Morgan fingerprint density at radius 2 is 1.73 bits per heavy atom. The van der Waals surface area contributed by atoms with E-state index >= 15 is 0 Å². The minimum Gasteiger partial charge on any atom is -0.450 e. The molecule has 0 saturated carbocycles. The van der Waals surface area contributed by atoms with E-state index in [2.05, 4.69) is 13.2 Å². The van der Waals surface area contributed by atoms with Gasteiger partial charge >= 0.3 is 0 Å². The molecule has 3 heteroatoms. The SMILES string of the molecule is C=C.OPOc1ccccc1. The summed E-state index contributed by atoms with van der Waals surface area (Å²) in [4.78, 5) is 8.33. The summed E-state index contributed by atoms with van der Waals surface area (Å²) in [7, 11) is -0.465. The van der Waals surface area contributed by atoms with Crippen molar-refractivity contribution < 1.29 is 9.42 Å². The van der Waals surface area contributed by atoms with E-state index in [1.54, 1.807) is 12.1 Å². The molecule has 1 aromatic rings. The normalized spacial score (nSPS) is 8.82. The third kappa shape index (κ3) is 4.54. The number of benzene rings is 1. The lowest BCUT2D eigenvalue weighted by atomic mass is 10.3. The fourth-order valence-corrected chi connectivity index (χ4v) is 0.783. The molecule has 0 radical (unpaired) electrons. The Bertz CT molecular complexity index is 177.